The number of H-pyrrole nitrogens is 1. The first-order chi connectivity index (χ1) is 16.6. The fourth-order valence-electron chi connectivity index (χ4n) is 3.29. The lowest BCUT2D eigenvalue weighted by Gasteiger charge is -2.26. The quantitative estimate of drug-likeness (QED) is 0.182. The Morgan fingerprint density at radius 3 is 2.14 bits per heavy atom. The lowest BCUT2D eigenvalue weighted by molar-refractivity contribution is -0.143. The molecule has 0 radical (unpaired) electrons. The molecule has 4 atom stereocenters. The third-order valence-corrected chi connectivity index (χ3v) is 5.68. The molecule has 0 spiro atoms. The van der Waals surface area contributed by atoms with Crippen molar-refractivity contribution >= 4 is 36.3 Å². The van der Waals surface area contributed by atoms with E-state index in [1.165, 1.54) is 12.5 Å². The van der Waals surface area contributed by atoms with E-state index in [4.69, 9.17) is 5.73 Å². The molecule has 1 aromatic carbocycles. The monoisotopic (exact) mass is 504 g/mol. The molecule has 12 heteroatoms. The van der Waals surface area contributed by atoms with Crippen LogP contribution in [0.1, 0.15) is 25.1 Å². The number of rotatable bonds is 13. The normalized spacial score (nSPS) is 14.4. The number of carboxylic acid groups (broad SMARTS) is 1. The number of thiol groups is 1. The molecule has 0 fully saturated rings. The third kappa shape index (κ3) is 8.72. The SMILES string of the molecule is CC(C)C(NC(=O)C(Cc1cnc[nH]1)NC(=O)C(Cc1ccccc1)NC(=O)C(N)CS)C(=O)O. The Balaban J connectivity index is 2.26. The number of hydrogen-bond acceptors (Lipinski definition) is 7. The van der Waals surface area contributed by atoms with Gasteiger partial charge in [-0.25, -0.2) is 9.78 Å². The predicted molar refractivity (Wildman–Crippen MR) is 133 cm³/mol. The van der Waals surface area contributed by atoms with Crippen molar-refractivity contribution in [1.82, 2.24) is 25.9 Å². The number of aliphatic carboxylic acids is 1. The van der Waals surface area contributed by atoms with Gasteiger partial charge in [0.1, 0.15) is 18.1 Å². The Bertz CT molecular complexity index is 986. The van der Waals surface area contributed by atoms with Gasteiger partial charge in [-0.1, -0.05) is 44.2 Å². The van der Waals surface area contributed by atoms with Crippen molar-refractivity contribution in [3.05, 3.63) is 54.1 Å². The molecule has 1 heterocycles. The van der Waals surface area contributed by atoms with Crippen molar-refractivity contribution in [2.75, 3.05) is 5.75 Å². The molecule has 0 aliphatic rings. The number of benzene rings is 1. The molecule has 4 unspecified atom stereocenters. The van der Waals surface area contributed by atoms with Crippen LogP contribution in [0, 0.1) is 5.92 Å². The van der Waals surface area contributed by atoms with E-state index in [2.05, 4.69) is 38.5 Å². The van der Waals surface area contributed by atoms with Crippen molar-refractivity contribution in [3.63, 3.8) is 0 Å². The number of imidazole rings is 1. The predicted octanol–water partition coefficient (Wildman–Crippen LogP) is -0.353. The third-order valence-electron chi connectivity index (χ3n) is 5.29. The second-order valence-corrected chi connectivity index (χ2v) is 8.82. The highest BCUT2D eigenvalue weighted by atomic mass is 32.1. The van der Waals surface area contributed by atoms with Crippen LogP contribution in [0.2, 0.25) is 0 Å². The van der Waals surface area contributed by atoms with E-state index in [-0.39, 0.29) is 24.5 Å². The molecule has 1 aromatic heterocycles. The molecule has 0 saturated heterocycles. The highest BCUT2D eigenvalue weighted by Crippen LogP contribution is 2.08. The zero-order chi connectivity index (χ0) is 26.0. The molecule has 0 aliphatic heterocycles. The Kier molecular flexibility index (Phi) is 10.7. The number of nitrogens with two attached hydrogens (primary N) is 1. The first kappa shape index (κ1) is 27.9. The van der Waals surface area contributed by atoms with Crippen LogP contribution < -0.4 is 21.7 Å². The van der Waals surface area contributed by atoms with Crippen LogP contribution in [0.25, 0.3) is 0 Å². The molecule has 0 aliphatic carbocycles. The van der Waals surface area contributed by atoms with Crippen LogP contribution in [-0.4, -0.2) is 68.7 Å². The van der Waals surface area contributed by atoms with E-state index in [1.54, 1.807) is 38.1 Å². The van der Waals surface area contributed by atoms with E-state index in [0.717, 1.165) is 5.56 Å². The van der Waals surface area contributed by atoms with Gasteiger partial charge in [0.2, 0.25) is 17.7 Å². The van der Waals surface area contributed by atoms with Crippen molar-refractivity contribution in [2.24, 2.45) is 11.7 Å². The molecular formula is C23H32N6O5S. The summed E-state index contributed by atoms with van der Waals surface area (Å²) in [7, 11) is 0. The van der Waals surface area contributed by atoms with Crippen LogP contribution in [0.3, 0.4) is 0 Å². The van der Waals surface area contributed by atoms with Gasteiger partial charge >= 0.3 is 5.97 Å². The summed E-state index contributed by atoms with van der Waals surface area (Å²) in [4.78, 5) is 57.1. The maximum Gasteiger partial charge on any atom is 0.326 e. The lowest BCUT2D eigenvalue weighted by Crippen LogP contribution is -2.58. The average Bonchev–Trinajstić information content (AvgIpc) is 3.34. The van der Waals surface area contributed by atoms with Crippen molar-refractivity contribution in [2.45, 2.75) is 50.9 Å². The second-order valence-electron chi connectivity index (χ2n) is 8.45. The molecule has 0 bridgehead atoms. The average molecular weight is 505 g/mol. The van der Waals surface area contributed by atoms with E-state index >= 15 is 0 Å². The summed E-state index contributed by atoms with van der Waals surface area (Å²) in [5.74, 6) is -3.34. The summed E-state index contributed by atoms with van der Waals surface area (Å²) in [5, 5.41) is 17.2. The molecule has 35 heavy (non-hydrogen) atoms. The maximum atomic E-state index is 13.3. The molecule has 7 N–H and O–H groups in total. The Hall–Kier alpha value is -3.38. The summed E-state index contributed by atoms with van der Waals surface area (Å²) in [5.41, 5.74) is 7.10. The summed E-state index contributed by atoms with van der Waals surface area (Å²) >= 11 is 4.03. The molecule has 2 aromatic rings. The number of carboxylic acids is 1. The second kappa shape index (κ2) is 13.5. The summed E-state index contributed by atoms with van der Waals surface area (Å²) in [6, 6.07) is 4.82. The minimum atomic E-state index is -1.19. The number of amides is 3. The van der Waals surface area contributed by atoms with Gasteiger partial charge in [0.15, 0.2) is 0 Å². The largest absolute Gasteiger partial charge is 0.480 e. The molecule has 0 saturated carbocycles. The van der Waals surface area contributed by atoms with Gasteiger partial charge in [-0.05, 0) is 11.5 Å². The topological polar surface area (TPSA) is 179 Å². The van der Waals surface area contributed by atoms with Gasteiger partial charge in [-0.15, -0.1) is 0 Å². The van der Waals surface area contributed by atoms with Crippen LogP contribution >= 0.6 is 12.6 Å². The fraction of sp³-hybridized carbons (Fsp3) is 0.435. The zero-order valence-electron chi connectivity index (χ0n) is 19.6. The van der Waals surface area contributed by atoms with Crippen molar-refractivity contribution in [1.29, 1.82) is 0 Å². The number of nitrogens with one attached hydrogen (secondary N) is 4. The highest BCUT2D eigenvalue weighted by Gasteiger charge is 2.31. The minimum absolute atomic E-state index is 0.0319. The number of aromatic amines is 1. The smallest absolute Gasteiger partial charge is 0.326 e. The number of carbonyl (C=O) groups is 4. The number of hydrogen-bond donors (Lipinski definition) is 7. The van der Waals surface area contributed by atoms with Gasteiger partial charge in [0.05, 0.1) is 12.4 Å². The maximum absolute atomic E-state index is 13.3. The van der Waals surface area contributed by atoms with Gasteiger partial charge < -0.3 is 31.8 Å². The van der Waals surface area contributed by atoms with Gasteiger partial charge in [-0.3, -0.25) is 14.4 Å². The molecule has 2 rings (SSSR count). The van der Waals surface area contributed by atoms with E-state index in [0.29, 0.717) is 5.69 Å². The van der Waals surface area contributed by atoms with Gasteiger partial charge in [0, 0.05) is 30.5 Å². The number of aromatic nitrogens is 2. The fourth-order valence-corrected chi connectivity index (χ4v) is 3.45. The van der Waals surface area contributed by atoms with Crippen LogP contribution in [-0.2, 0) is 32.0 Å². The van der Waals surface area contributed by atoms with E-state index in [1.807, 2.05) is 6.07 Å². The molecule has 190 valence electrons. The standard InChI is InChI=1S/C23H32N6O5S/c1-13(2)19(23(33)34)29-22(32)18(9-15-10-25-12-26-15)28-21(31)17(27-20(30)16(24)11-35)8-14-6-4-3-5-7-14/h3-7,10,12-13,16-19,35H,8-9,11,24H2,1-2H3,(H,25,26)(H,27,30)(H,28,31)(H,29,32)(H,33,34). The van der Waals surface area contributed by atoms with E-state index < -0.39 is 47.9 Å². The Morgan fingerprint density at radius 2 is 1.60 bits per heavy atom. The van der Waals surface area contributed by atoms with Crippen molar-refractivity contribution in [3.8, 4) is 0 Å². The van der Waals surface area contributed by atoms with Crippen LogP contribution in [0.4, 0.5) is 0 Å². The first-order valence-electron chi connectivity index (χ1n) is 11.1. The van der Waals surface area contributed by atoms with Gasteiger partial charge in [-0.2, -0.15) is 12.6 Å². The van der Waals surface area contributed by atoms with Crippen molar-refractivity contribution < 1.29 is 24.3 Å². The Labute approximate surface area is 209 Å². The molecular weight excluding hydrogens is 472 g/mol. The van der Waals surface area contributed by atoms with Crippen LogP contribution in [0.5, 0.6) is 0 Å². The number of nitrogens with zero attached hydrogens (tertiary/aromatic N) is 1. The lowest BCUT2D eigenvalue weighted by atomic mass is 10.0. The Morgan fingerprint density at radius 1 is 1.00 bits per heavy atom. The summed E-state index contributed by atoms with van der Waals surface area (Å²) in [6.07, 6.45) is 3.11. The zero-order valence-corrected chi connectivity index (χ0v) is 20.5. The van der Waals surface area contributed by atoms with E-state index in [9.17, 15) is 24.3 Å². The summed E-state index contributed by atoms with van der Waals surface area (Å²) < 4.78 is 0. The molecule has 3 amide bonds. The highest BCUT2D eigenvalue weighted by molar-refractivity contribution is 7.80. The first-order valence-corrected chi connectivity index (χ1v) is 11.8. The minimum Gasteiger partial charge on any atom is -0.480 e. The van der Waals surface area contributed by atoms with Crippen LogP contribution in [0.15, 0.2) is 42.9 Å². The number of carbonyl (C=O) groups excluding carboxylic acids is 3. The van der Waals surface area contributed by atoms with Gasteiger partial charge in [0.25, 0.3) is 0 Å². The summed E-state index contributed by atoms with van der Waals surface area (Å²) in [6.45, 7) is 3.33. The molecule has 11 nitrogen and oxygen atoms in total.